The summed E-state index contributed by atoms with van der Waals surface area (Å²) in [5.41, 5.74) is 3.07. The topological polar surface area (TPSA) is 64.6 Å². The molecule has 3 aromatic rings. The Kier molecular flexibility index (Phi) is 5.02. The summed E-state index contributed by atoms with van der Waals surface area (Å²) in [6.45, 7) is 2.99. The van der Waals surface area contributed by atoms with Gasteiger partial charge in [-0.1, -0.05) is 6.92 Å². The maximum Gasteiger partial charge on any atom is 0.354 e. The molecule has 8 heteroatoms. The Hall–Kier alpha value is -2.25. The number of hydrogen-bond donors (Lipinski definition) is 1. The molecule has 0 spiro atoms. The molecule has 1 atom stereocenters. The summed E-state index contributed by atoms with van der Waals surface area (Å²) in [5, 5.41) is 12.6. The molecule has 0 radical (unpaired) electrons. The number of carbonyl (C=O) groups excluding carboxylic acids is 1. The van der Waals surface area contributed by atoms with E-state index in [0.717, 1.165) is 57.8 Å². The molecule has 0 saturated heterocycles. The van der Waals surface area contributed by atoms with Crippen LogP contribution >= 0.6 is 15.9 Å². The average Bonchev–Trinajstić information content (AvgIpc) is 3.09. The first kappa shape index (κ1) is 21.0. The molecule has 158 valence electrons. The molecular weight excluding hydrogens is 472 g/mol. The second kappa shape index (κ2) is 7.17. The first-order valence-corrected chi connectivity index (χ1v) is 10.5. The molecule has 4 heterocycles. The number of methoxy groups -OCH3 is 2. The number of allylic oxidation sites excluding steroid dienone is 1. The third-order valence-electron chi connectivity index (χ3n) is 6.47. The minimum Gasteiger partial charge on any atom is -1.00 e. The molecule has 5 rings (SSSR count). The third-order valence-corrected chi connectivity index (χ3v) is 7.26. The minimum atomic E-state index is -0.380. The molecule has 30 heavy (non-hydrogen) atoms. The van der Waals surface area contributed by atoms with Crippen molar-refractivity contribution < 1.29 is 36.3 Å². The number of hydrogen-bond acceptors (Lipinski definition) is 4. The van der Waals surface area contributed by atoms with Crippen LogP contribution in [0.5, 0.6) is 11.5 Å². The number of aromatic hydroxyl groups is 1. The van der Waals surface area contributed by atoms with E-state index in [0.29, 0.717) is 11.4 Å². The van der Waals surface area contributed by atoms with Gasteiger partial charge in [0.05, 0.1) is 35.0 Å². The number of pyridine rings is 1. The summed E-state index contributed by atoms with van der Waals surface area (Å²) in [4.78, 5) is 12.9. The van der Waals surface area contributed by atoms with E-state index in [1.165, 1.54) is 7.11 Å². The summed E-state index contributed by atoms with van der Waals surface area (Å²) in [7, 11) is 3.02. The number of nitrogens with zero attached hydrogens (tertiary/aromatic N) is 2. The van der Waals surface area contributed by atoms with Crippen LogP contribution in [0.1, 0.15) is 31.9 Å². The zero-order chi connectivity index (χ0) is 20.5. The normalized spacial score (nSPS) is 19.4. The third kappa shape index (κ3) is 2.48. The SMILES string of the molecule is CC[C@]12C=C(C(=O)OC)n3c4ccc(OC)c(Br)c4c4c(O)c[n+](c1c43)CCC2.[Cl-]. The van der Waals surface area contributed by atoms with Gasteiger partial charge >= 0.3 is 5.97 Å². The molecule has 0 aliphatic carbocycles. The fourth-order valence-electron chi connectivity index (χ4n) is 5.17. The molecular formula is C22H22BrClN2O4. The Morgan fingerprint density at radius 1 is 1.33 bits per heavy atom. The van der Waals surface area contributed by atoms with Gasteiger partial charge in [-0.2, -0.15) is 4.57 Å². The van der Waals surface area contributed by atoms with Gasteiger partial charge in [0.15, 0.2) is 5.75 Å². The quantitative estimate of drug-likeness (QED) is 0.437. The van der Waals surface area contributed by atoms with Gasteiger partial charge in [0.2, 0.25) is 11.9 Å². The number of aromatic nitrogens is 2. The van der Waals surface area contributed by atoms with E-state index in [2.05, 4.69) is 33.5 Å². The molecule has 2 aliphatic heterocycles. The highest BCUT2D eigenvalue weighted by molar-refractivity contribution is 9.10. The minimum absolute atomic E-state index is 0. The predicted octanol–water partition coefficient (Wildman–Crippen LogP) is 1.03. The van der Waals surface area contributed by atoms with Crippen molar-refractivity contribution in [3.63, 3.8) is 0 Å². The summed E-state index contributed by atoms with van der Waals surface area (Å²) in [6, 6.07) is 3.79. The van der Waals surface area contributed by atoms with Gasteiger partial charge in [0.25, 0.3) is 0 Å². The van der Waals surface area contributed by atoms with E-state index in [1.807, 2.05) is 22.9 Å². The van der Waals surface area contributed by atoms with Crippen molar-refractivity contribution in [3.8, 4) is 11.5 Å². The number of aryl methyl sites for hydroxylation is 1. The van der Waals surface area contributed by atoms with Crippen LogP contribution in [0.2, 0.25) is 0 Å². The monoisotopic (exact) mass is 492 g/mol. The second-order valence-electron chi connectivity index (χ2n) is 7.73. The Bertz CT molecular complexity index is 1250. The lowest BCUT2D eigenvalue weighted by molar-refractivity contribution is -0.712. The van der Waals surface area contributed by atoms with Crippen molar-refractivity contribution in [1.82, 2.24) is 4.57 Å². The van der Waals surface area contributed by atoms with Gasteiger partial charge in [0.1, 0.15) is 23.5 Å². The standard InChI is InChI=1S/C22H21BrN2O4.ClH/c1-4-22-8-5-9-24-11-14(26)17-16-12(6-7-15(28-2)18(16)23)25(19(17)20(22)24)13(10-22)21(27)29-3;/h6-7,10-11H,4-5,8-9H2,1-3H3;1H/t22-;/m0./s1. The summed E-state index contributed by atoms with van der Waals surface area (Å²) >= 11 is 3.66. The van der Waals surface area contributed by atoms with E-state index in [1.54, 1.807) is 7.11 Å². The molecule has 0 bridgehead atoms. The number of fused-ring (bicyclic) bond motifs is 3. The zero-order valence-corrected chi connectivity index (χ0v) is 19.3. The lowest BCUT2D eigenvalue weighted by Crippen LogP contribution is -3.00. The van der Waals surface area contributed by atoms with Gasteiger partial charge in [-0.05, 0) is 47.0 Å². The molecule has 2 aromatic heterocycles. The van der Waals surface area contributed by atoms with E-state index in [-0.39, 0.29) is 29.5 Å². The highest BCUT2D eigenvalue weighted by atomic mass is 79.9. The Labute approximate surface area is 188 Å². The highest BCUT2D eigenvalue weighted by Gasteiger charge is 2.48. The van der Waals surface area contributed by atoms with E-state index < -0.39 is 0 Å². The number of ether oxygens (including phenoxy) is 2. The Balaban J connectivity index is 0.00000218. The van der Waals surface area contributed by atoms with Gasteiger partial charge in [-0.3, -0.25) is 4.57 Å². The molecule has 1 N–H and O–H groups in total. The van der Waals surface area contributed by atoms with Crippen LogP contribution < -0.4 is 21.7 Å². The molecule has 0 unspecified atom stereocenters. The maximum atomic E-state index is 12.9. The maximum absolute atomic E-state index is 12.9. The van der Waals surface area contributed by atoms with Crippen molar-refractivity contribution >= 4 is 49.4 Å². The number of halogens is 2. The fourth-order valence-corrected chi connectivity index (χ4v) is 5.86. The summed E-state index contributed by atoms with van der Waals surface area (Å²) in [5.74, 6) is 0.486. The predicted molar refractivity (Wildman–Crippen MR) is 113 cm³/mol. The lowest BCUT2D eigenvalue weighted by Gasteiger charge is -2.35. The van der Waals surface area contributed by atoms with Crippen molar-refractivity contribution in [2.45, 2.75) is 38.1 Å². The van der Waals surface area contributed by atoms with Gasteiger partial charge in [0, 0.05) is 11.8 Å². The van der Waals surface area contributed by atoms with Crippen LogP contribution in [0, 0.1) is 0 Å². The average molecular weight is 494 g/mol. The first-order valence-electron chi connectivity index (χ1n) is 9.75. The largest absolute Gasteiger partial charge is 1.00 e. The Morgan fingerprint density at radius 3 is 2.77 bits per heavy atom. The van der Waals surface area contributed by atoms with E-state index in [9.17, 15) is 9.90 Å². The molecule has 0 saturated carbocycles. The van der Waals surface area contributed by atoms with Gasteiger partial charge in [-0.15, -0.1) is 0 Å². The van der Waals surface area contributed by atoms with Crippen LogP contribution in [-0.2, 0) is 21.5 Å². The van der Waals surface area contributed by atoms with Gasteiger partial charge in [-0.25, -0.2) is 4.79 Å². The summed E-state index contributed by atoms with van der Waals surface area (Å²) < 4.78 is 15.5. The van der Waals surface area contributed by atoms with Crippen LogP contribution in [0.3, 0.4) is 0 Å². The number of carbonyl (C=O) groups is 1. The van der Waals surface area contributed by atoms with Crippen LogP contribution in [0.25, 0.3) is 27.5 Å². The van der Waals surface area contributed by atoms with Crippen molar-refractivity contribution in [1.29, 1.82) is 0 Å². The summed E-state index contributed by atoms with van der Waals surface area (Å²) in [6.07, 6.45) is 6.70. The fraction of sp³-hybridized carbons (Fsp3) is 0.364. The smallest absolute Gasteiger partial charge is 0.354 e. The zero-order valence-electron chi connectivity index (χ0n) is 17.0. The van der Waals surface area contributed by atoms with Crippen LogP contribution in [0.15, 0.2) is 28.9 Å². The lowest BCUT2D eigenvalue weighted by atomic mass is 9.72. The number of rotatable bonds is 3. The second-order valence-corrected chi connectivity index (χ2v) is 8.52. The Morgan fingerprint density at radius 2 is 2.10 bits per heavy atom. The molecule has 0 amide bonds. The van der Waals surface area contributed by atoms with E-state index in [4.69, 9.17) is 9.47 Å². The number of esters is 1. The number of benzene rings is 1. The van der Waals surface area contributed by atoms with Crippen LogP contribution in [-0.4, -0.2) is 29.9 Å². The highest BCUT2D eigenvalue weighted by Crippen LogP contribution is 2.51. The van der Waals surface area contributed by atoms with Gasteiger partial charge < -0.3 is 27.0 Å². The van der Waals surface area contributed by atoms with Crippen molar-refractivity contribution in [2.75, 3.05) is 14.2 Å². The molecule has 2 aliphatic rings. The first-order chi connectivity index (χ1) is 14.0. The molecule has 1 aromatic carbocycles. The molecule has 0 fully saturated rings. The van der Waals surface area contributed by atoms with Crippen molar-refractivity contribution in [2.24, 2.45) is 0 Å². The van der Waals surface area contributed by atoms with E-state index >= 15 is 0 Å². The van der Waals surface area contributed by atoms with Crippen LogP contribution in [0.4, 0.5) is 0 Å². The molecule has 6 nitrogen and oxygen atoms in total. The van der Waals surface area contributed by atoms with Crippen molar-refractivity contribution in [3.05, 3.63) is 34.6 Å².